The van der Waals surface area contributed by atoms with Crippen LogP contribution >= 0.6 is 0 Å². The summed E-state index contributed by atoms with van der Waals surface area (Å²) in [6.07, 6.45) is 10.6. The van der Waals surface area contributed by atoms with Crippen LogP contribution in [0.15, 0.2) is 49.4 Å². The Morgan fingerprint density at radius 3 is 2.44 bits per heavy atom. The highest BCUT2D eigenvalue weighted by Crippen LogP contribution is 2.38. The van der Waals surface area contributed by atoms with Crippen LogP contribution in [0.4, 0.5) is 34.5 Å². The van der Waals surface area contributed by atoms with Crippen molar-refractivity contribution in [1.82, 2.24) is 24.8 Å². The summed E-state index contributed by atoms with van der Waals surface area (Å²) in [5, 5.41) is 6.64. The minimum absolute atomic E-state index is 0.335. The van der Waals surface area contributed by atoms with Gasteiger partial charge in [0.2, 0.25) is 16.0 Å². The van der Waals surface area contributed by atoms with Crippen molar-refractivity contribution in [2.75, 3.05) is 67.4 Å². The molecule has 2 N–H and O–H groups in total. The zero-order chi connectivity index (χ0) is 32.3. The fraction of sp³-hybridized carbons (Fsp3) is 0.375. The number of piperidine rings is 1. The number of anilines is 6. The highest BCUT2D eigenvalue weighted by molar-refractivity contribution is 7.92. The summed E-state index contributed by atoms with van der Waals surface area (Å²) in [6, 6.07) is 8.33. The van der Waals surface area contributed by atoms with Crippen LogP contribution in [-0.2, 0) is 16.4 Å². The van der Waals surface area contributed by atoms with Gasteiger partial charge in [0.05, 0.1) is 30.3 Å². The molecular formula is C32H41N9O3S. The lowest BCUT2D eigenvalue weighted by molar-refractivity contribution is 0.249. The first-order chi connectivity index (χ1) is 21.5. The number of hydrogen-bond donors (Lipinski definition) is 2. The van der Waals surface area contributed by atoms with Crippen LogP contribution in [0, 0.1) is 0 Å². The number of ether oxygens (including phenoxy) is 1. The van der Waals surface area contributed by atoms with Crippen LogP contribution in [0.25, 0.3) is 17.1 Å². The molecule has 13 heteroatoms. The van der Waals surface area contributed by atoms with Crippen molar-refractivity contribution < 1.29 is 13.2 Å². The van der Waals surface area contributed by atoms with Crippen LogP contribution in [0.2, 0.25) is 0 Å². The average Bonchev–Trinajstić information content (AvgIpc) is 3.04. The number of methoxy groups -OCH3 is 1. The van der Waals surface area contributed by atoms with Crippen LogP contribution < -0.4 is 24.6 Å². The Hall–Kier alpha value is -4.49. The molecule has 1 aliphatic heterocycles. The predicted molar refractivity (Wildman–Crippen MR) is 183 cm³/mol. The van der Waals surface area contributed by atoms with Gasteiger partial charge >= 0.3 is 0 Å². The van der Waals surface area contributed by atoms with Crippen molar-refractivity contribution in [3.8, 4) is 5.75 Å². The second-order valence-corrected chi connectivity index (χ2v) is 13.3. The van der Waals surface area contributed by atoms with Crippen molar-refractivity contribution >= 4 is 61.6 Å². The normalized spacial score (nSPS) is 14.1. The van der Waals surface area contributed by atoms with E-state index in [1.165, 1.54) is 28.8 Å². The van der Waals surface area contributed by atoms with E-state index in [9.17, 15) is 8.42 Å². The number of aromatic nitrogens is 4. The van der Waals surface area contributed by atoms with E-state index in [2.05, 4.69) is 75.1 Å². The van der Waals surface area contributed by atoms with Crippen LogP contribution in [0.5, 0.6) is 5.75 Å². The molecule has 238 valence electrons. The Kier molecular flexibility index (Phi) is 9.40. The molecule has 4 aromatic rings. The minimum atomic E-state index is -3.62. The van der Waals surface area contributed by atoms with Crippen molar-refractivity contribution in [2.24, 2.45) is 0 Å². The number of sulfonamides is 1. The summed E-state index contributed by atoms with van der Waals surface area (Å²) in [4.78, 5) is 22.8. The average molecular weight is 632 g/mol. The van der Waals surface area contributed by atoms with E-state index >= 15 is 0 Å². The van der Waals surface area contributed by atoms with E-state index in [1.54, 1.807) is 37.7 Å². The van der Waals surface area contributed by atoms with Crippen LogP contribution in [0.3, 0.4) is 0 Å². The largest absolute Gasteiger partial charge is 0.494 e. The van der Waals surface area contributed by atoms with Gasteiger partial charge in [-0.05, 0) is 57.1 Å². The fourth-order valence-corrected chi connectivity index (χ4v) is 6.15. The van der Waals surface area contributed by atoms with Crippen molar-refractivity contribution in [3.63, 3.8) is 0 Å². The summed E-state index contributed by atoms with van der Waals surface area (Å²) < 4.78 is 32.3. The van der Waals surface area contributed by atoms with Gasteiger partial charge in [0.25, 0.3) is 0 Å². The van der Waals surface area contributed by atoms with E-state index in [-0.39, 0.29) is 0 Å². The lowest BCUT2D eigenvalue weighted by Crippen LogP contribution is -2.42. The molecule has 2 aromatic heterocycles. The van der Waals surface area contributed by atoms with E-state index in [1.807, 2.05) is 0 Å². The van der Waals surface area contributed by atoms with Gasteiger partial charge in [0.1, 0.15) is 22.8 Å². The third kappa shape index (κ3) is 6.79. The van der Waals surface area contributed by atoms with Gasteiger partial charge in [-0.15, -0.1) is 0 Å². The third-order valence-corrected chi connectivity index (χ3v) is 9.46. The second-order valence-electron chi connectivity index (χ2n) is 11.3. The molecule has 0 radical (unpaired) electrons. The number of hydrogen-bond acceptors (Lipinski definition) is 11. The van der Waals surface area contributed by atoms with E-state index in [0.29, 0.717) is 51.5 Å². The smallest absolute Gasteiger partial charge is 0.232 e. The van der Waals surface area contributed by atoms with Gasteiger partial charge in [0, 0.05) is 62.1 Å². The predicted octanol–water partition coefficient (Wildman–Crippen LogP) is 5.05. The fourth-order valence-electron chi connectivity index (χ4n) is 5.64. The maximum atomic E-state index is 12.6. The molecule has 0 saturated carbocycles. The Morgan fingerprint density at radius 1 is 1.07 bits per heavy atom. The molecule has 12 nitrogen and oxygen atoms in total. The van der Waals surface area contributed by atoms with Crippen molar-refractivity contribution in [1.29, 1.82) is 0 Å². The molecule has 0 atom stereocenters. The van der Waals surface area contributed by atoms with Crippen molar-refractivity contribution in [3.05, 3.63) is 60.6 Å². The molecule has 1 saturated heterocycles. The molecule has 0 aliphatic carbocycles. The van der Waals surface area contributed by atoms with Gasteiger partial charge in [-0.2, -0.15) is 4.98 Å². The highest BCUT2D eigenvalue weighted by Gasteiger charge is 2.24. The summed E-state index contributed by atoms with van der Waals surface area (Å²) in [7, 11) is 3.82. The Labute approximate surface area is 265 Å². The SMILES string of the molecule is C=Cc1cnc(Nc2cc(CC)c(N3CCC(N(C)C)CC3)cc2OC)nc1Nc1ccc2nccnc2c1N(C)S(C)(=O)=O. The Balaban J connectivity index is 1.49. The summed E-state index contributed by atoms with van der Waals surface area (Å²) in [5.41, 5.74) is 5.60. The zero-order valence-corrected chi connectivity index (χ0v) is 27.5. The van der Waals surface area contributed by atoms with Crippen LogP contribution in [0.1, 0.15) is 30.9 Å². The monoisotopic (exact) mass is 631 g/mol. The molecule has 0 amide bonds. The number of nitrogens with one attached hydrogen (secondary N) is 2. The molecule has 1 aliphatic rings. The summed E-state index contributed by atoms with van der Waals surface area (Å²) in [6.45, 7) is 8.05. The molecule has 0 spiro atoms. The zero-order valence-electron chi connectivity index (χ0n) is 26.7. The molecular weight excluding hydrogens is 590 g/mol. The standard InChI is InChI=1S/C32H41N9O3S/c1-8-21-18-26(28(44-6)19-27(21)41-16-12-23(13-17-41)39(3)4)37-32-35-20-22(9-2)31(38-32)36-25-11-10-24-29(34-15-14-33-24)30(25)40(5)45(7,42)43/h9-11,14-15,18-20,23H,2,8,12-13,16-17H2,1,3-7H3,(H2,35,36,37,38). The maximum Gasteiger partial charge on any atom is 0.232 e. The first kappa shape index (κ1) is 31.9. The Morgan fingerprint density at radius 2 is 1.80 bits per heavy atom. The number of nitrogens with zero attached hydrogens (tertiary/aromatic N) is 7. The van der Waals surface area contributed by atoms with E-state index in [4.69, 9.17) is 9.72 Å². The quantitative estimate of drug-likeness (QED) is 0.231. The van der Waals surface area contributed by atoms with Gasteiger partial charge in [-0.1, -0.05) is 19.6 Å². The number of benzene rings is 2. The first-order valence-electron chi connectivity index (χ1n) is 14.9. The van der Waals surface area contributed by atoms with Gasteiger partial charge < -0.3 is 25.2 Å². The molecule has 0 bridgehead atoms. The lowest BCUT2D eigenvalue weighted by Gasteiger charge is -2.37. The Bertz CT molecular complexity index is 1810. The summed E-state index contributed by atoms with van der Waals surface area (Å²) in [5.74, 6) is 1.46. The summed E-state index contributed by atoms with van der Waals surface area (Å²) >= 11 is 0. The molecule has 1 fully saturated rings. The van der Waals surface area contributed by atoms with Crippen LogP contribution in [-0.4, -0.2) is 86.9 Å². The highest BCUT2D eigenvalue weighted by atomic mass is 32.2. The maximum absolute atomic E-state index is 12.6. The molecule has 3 heterocycles. The minimum Gasteiger partial charge on any atom is -0.494 e. The second kappa shape index (κ2) is 13.2. The lowest BCUT2D eigenvalue weighted by atomic mass is 10.0. The molecule has 2 aromatic carbocycles. The van der Waals surface area contributed by atoms with Crippen molar-refractivity contribution in [2.45, 2.75) is 32.2 Å². The molecule has 0 unspecified atom stereocenters. The van der Waals surface area contributed by atoms with Gasteiger partial charge in [-0.3, -0.25) is 14.3 Å². The van der Waals surface area contributed by atoms with E-state index < -0.39 is 10.0 Å². The van der Waals surface area contributed by atoms with E-state index in [0.717, 1.165) is 44.3 Å². The number of fused-ring (bicyclic) bond motifs is 1. The topological polar surface area (TPSA) is 129 Å². The number of aryl methyl sites for hydroxylation is 1. The molecule has 5 rings (SSSR count). The number of rotatable bonds is 11. The van der Waals surface area contributed by atoms with Gasteiger partial charge in [0.15, 0.2) is 0 Å². The third-order valence-electron chi connectivity index (χ3n) is 8.28. The molecule has 45 heavy (non-hydrogen) atoms. The first-order valence-corrected chi connectivity index (χ1v) is 16.7. The van der Waals surface area contributed by atoms with Gasteiger partial charge in [-0.25, -0.2) is 13.4 Å².